The summed E-state index contributed by atoms with van der Waals surface area (Å²) in [7, 11) is 5.59. The first-order chi connectivity index (χ1) is 10.2. The predicted octanol–water partition coefficient (Wildman–Crippen LogP) is 1.15. The zero-order valence-electron chi connectivity index (χ0n) is 12.5. The molecule has 0 spiro atoms. The number of methoxy groups -OCH3 is 1. The van der Waals surface area contributed by atoms with Gasteiger partial charge in [-0.15, -0.1) is 11.6 Å². The van der Waals surface area contributed by atoms with Crippen molar-refractivity contribution in [1.29, 1.82) is 0 Å². The van der Waals surface area contributed by atoms with E-state index >= 15 is 0 Å². The van der Waals surface area contributed by atoms with E-state index < -0.39 is 0 Å². The van der Waals surface area contributed by atoms with Crippen LogP contribution in [0.4, 0.5) is 0 Å². The normalized spacial score (nSPS) is 11.5. The van der Waals surface area contributed by atoms with Crippen LogP contribution in [-0.2, 0) is 17.2 Å². The van der Waals surface area contributed by atoms with Gasteiger partial charge in [0.2, 0.25) is 5.88 Å². The second-order valence-electron chi connectivity index (χ2n) is 4.78. The Morgan fingerprint density at radius 3 is 2.76 bits per heavy atom. The number of nitrogens with zero attached hydrogens (tertiary/aromatic N) is 5. The Hall–Kier alpha value is -1.44. The van der Waals surface area contributed by atoms with E-state index in [9.17, 15) is 0 Å². The van der Waals surface area contributed by atoms with Gasteiger partial charge in [-0.05, 0) is 14.1 Å². The van der Waals surface area contributed by atoms with E-state index in [4.69, 9.17) is 21.1 Å². The highest BCUT2D eigenvalue weighted by Gasteiger charge is 2.15. The molecule has 2 rings (SSSR count). The number of aromatic nitrogens is 4. The first kappa shape index (κ1) is 15.9. The number of imidazole rings is 1. The fraction of sp³-hybridized carbons (Fsp3) is 0.615. The third-order valence-electron chi connectivity index (χ3n) is 3.03. The fourth-order valence-electron chi connectivity index (χ4n) is 1.95. The molecule has 8 heteroatoms. The van der Waals surface area contributed by atoms with Crippen LogP contribution in [0.3, 0.4) is 0 Å². The van der Waals surface area contributed by atoms with Crippen molar-refractivity contribution in [3.8, 4) is 5.88 Å². The average molecular weight is 314 g/mol. The van der Waals surface area contributed by atoms with Crippen molar-refractivity contribution in [2.45, 2.75) is 12.4 Å². The Morgan fingerprint density at radius 1 is 1.29 bits per heavy atom. The van der Waals surface area contributed by atoms with Crippen LogP contribution in [0, 0.1) is 0 Å². The molecule has 0 aliphatic carbocycles. The Balaban J connectivity index is 2.11. The highest BCUT2D eigenvalue weighted by atomic mass is 35.5. The molecule has 0 aliphatic rings. The zero-order valence-corrected chi connectivity index (χ0v) is 13.3. The van der Waals surface area contributed by atoms with Gasteiger partial charge in [0.05, 0.1) is 26.2 Å². The summed E-state index contributed by atoms with van der Waals surface area (Å²) in [6, 6.07) is 0. The molecule has 0 saturated heterocycles. The summed E-state index contributed by atoms with van der Waals surface area (Å²) in [6.07, 6.45) is 1.46. The molecule has 2 aromatic heterocycles. The summed E-state index contributed by atoms with van der Waals surface area (Å²) in [5.41, 5.74) is 1.35. The summed E-state index contributed by atoms with van der Waals surface area (Å²) >= 11 is 5.96. The molecule has 2 aromatic rings. The van der Waals surface area contributed by atoms with Gasteiger partial charge in [0, 0.05) is 13.1 Å². The van der Waals surface area contributed by atoms with Crippen molar-refractivity contribution < 1.29 is 9.47 Å². The maximum atomic E-state index is 5.96. The smallest absolute Gasteiger partial charge is 0.245 e. The van der Waals surface area contributed by atoms with Crippen molar-refractivity contribution in [3.05, 3.63) is 12.2 Å². The van der Waals surface area contributed by atoms with Crippen molar-refractivity contribution in [1.82, 2.24) is 24.4 Å². The molecule has 0 radical (unpaired) electrons. The summed E-state index contributed by atoms with van der Waals surface area (Å²) in [5.74, 6) is 1.50. The summed E-state index contributed by atoms with van der Waals surface area (Å²) in [6.45, 7) is 2.80. The van der Waals surface area contributed by atoms with Gasteiger partial charge in [-0.3, -0.25) is 0 Å². The minimum absolute atomic E-state index is 0.303. The Labute approximate surface area is 128 Å². The van der Waals surface area contributed by atoms with Gasteiger partial charge in [0.15, 0.2) is 11.2 Å². The molecule has 0 atom stereocenters. The maximum absolute atomic E-state index is 5.96. The third kappa shape index (κ3) is 3.81. The van der Waals surface area contributed by atoms with E-state index in [1.54, 1.807) is 7.11 Å². The van der Waals surface area contributed by atoms with E-state index in [1.165, 1.54) is 6.33 Å². The van der Waals surface area contributed by atoms with Crippen molar-refractivity contribution in [3.63, 3.8) is 0 Å². The molecule has 0 N–H and O–H groups in total. The van der Waals surface area contributed by atoms with Crippen molar-refractivity contribution in [2.24, 2.45) is 0 Å². The Bertz CT molecular complexity index is 587. The molecule has 116 valence electrons. The monoisotopic (exact) mass is 313 g/mol. The van der Waals surface area contributed by atoms with Gasteiger partial charge in [0.25, 0.3) is 0 Å². The predicted molar refractivity (Wildman–Crippen MR) is 80.8 cm³/mol. The van der Waals surface area contributed by atoms with E-state index in [2.05, 4.69) is 19.9 Å². The number of fused-ring (bicyclic) bond motifs is 1. The molecule has 0 bridgehead atoms. The number of likely N-dealkylation sites (N-methyl/N-ethyl adjacent to an activating group) is 1. The van der Waals surface area contributed by atoms with Crippen LogP contribution in [0.25, 0.3) is 11.2 Å². The first-order valence-corrected chi connectivity index (χ1v) is 7.23. The van der Waals surface area contributed by atoms with Gasteiger partial charge in [-0.2, -0.15) is 4.98 Å². The largest absolute Gasteiger partial charge is 0.479 e. The summed E-state index contributed by atoms with van der Waals surface area (Å²) < 4.78 is 12.8. The van der Waals surface area contributed by atoms with Crippen LogP contribution in [-0.4, -0.2) is 65.4 Å². The molecule has 0 fully saturated rings. The van der Waals surface area contributed by atoms with Crippen LogP contribution in [0.1, 0.15) is 5.82 Å². The lowest BCUT2D eigenvalue weighted by Gasteiger charge is -2.11. The number of rotatable bonds is 8. The van der Waals surface area contributed by atoms with Crippen molar-refractivity contribution in [2.75, 3.05) is 41.0 Å². The zero-order chi connectivity index (χ0) is 15.2. The van der Waals surface area contributed by atoms with Gasteiger partial charge >= 0.3 is 0 Å². The van der Waals surface area contributed by atoms with Crippen LogP contribution >= 0.6 is 11.6 Å². The van der Waals surface area contributed by atoms with Crippen LogP contribution in [0.2, 0.25) is 0 Å². The number of alkyl halides is 1. The summed E-state index contributed by atoms with van der Waals surface area (Å²) in [4.78, 5) is 14.9. The number of hydrogen-bond donors (Lipinski definition) is 0. The Morgan fingerprint density at radius 2 is 2.10 bits per heavy atom. The van der Waals surface area contributed by atoms with Crippen LogP contribution in [0.15, 0.2) is 6.33 Å². The second-order valence-corrected chi connectivity index (χ2v) is 5.05. The lowest BCUT2D eigenvalue weighted by molar-refractivity contribution is 0.111. The molecule has 21 heavy (non-hydrogen) atoms. The van der Waals surface area contributed by atoms with Gasteiger partial charge in [0.1, 0.15) is 12.2 Å². The molecule has 0 aliphatic heterocycles. The standard InChI is InChI=1S/C13H20ClN5O2/c1-18(2)4-6-21-7-5-19-10(8-14)17-11-12(19)15-9-16-13(11)20-3/h9H,4-8H2,1-3H3. The van der Waals surface area contributed by atoms with Crippen LogP contribution < -0.4 is 4.74 Å². The second kappa shape index (κ2) is 7.53. The Kier molecular flexibility index (Phi) is 5.72. The fourth-order valence-corrected chi connectivity index (χ4v) is 2.16. The maximum Gasteiger partial charge on any atom is 0.245 e. The molecule has 0 amide bonds. The molecular weight excluding hydrogens is 294 g/mol. The molecular formula is C13H20ClN5O2. The van der Waals surface area contributed by atoms with Gasteiger partial charge in [-0.1, -0.05) is 0 Å². The molecule has 2 heterocycles. The molecule has 0 aromatic carbocycles. The molecule has 0 saturated carbocycles. The minimum Gasteiger partial charge on any atom is -0.479 e. The quantitative estimate of drug-likeness (QED) is 0.538. The average Bonchev–Trinajstić information content (AvgIpc) is 2.84. The first-order valence-electron chi connectivity index (χ1n) is 6.70. The molecule has 7 nitrogen and oxygen atoms in total. The highest BCUT2D eigenvalue weighted by molar-refractivity contribution is 6.16. The lowest BCUT2D eigenvalue weighted by atomic mass is 10.5. The highest BCUT2D eigenvalue weighted by Crippen LogP contribution is 2.22. The van der Waals surface area contributed by atoms with Crippen molar-refractivity contribution >= 4 is 22.8 Å². The van der Waals surface area contributed by atoms with Gasteiger partial charge in [-0.25, -0.2) is 9.97 Å². The van der Waals surface area contributed by atoms with Gasteiger partial charge < -0.3 is 18.9 Å². The summed E-state index contributed by atoms with van der Waals surface area (Å²) in [5, 5.41) is 0. The SMILES string of the molecule is COc1ncnc2c1nc(CCl)n2CCOCCN(C)C. The lowest BCUT2D eigenvalue weighted by Crippen LogP contribution is -2.19. The van der Waals surface area contributed by atoms with Crippen LogP contribution in [0.5, 0.6) is 5.88 Å². The number of hydrogen-bond acceptors (Lipinski definition) is 6. The third-order valence-corrected chi connectivity index (χ3v) is 3.27. The van der Waals surface area contributed by atoms with E-state index in [0.29, 0.717) is 42.7 Å². The van der Waals surface area contributed by atoms with E-state index in [-0.39, 0.29) is 0 Å². The van der Waals surface area contributed by atoms with E-state index in [1.807, 2.05) is 18.7 Å². The topological polar surface area (TPSA) is 65.3 Å². The minimum atomic E-state index is 0.303. The molecule has 0 unspecified atom stereocenters. The number of halogens is 1. The van der Waals surface area contributed by atoms with E-state index in [0.717, 1.165) is 12.4 Å². The number of ether oxygens (including phenoxy) is 2.